The molecule has 1 aromatic carbocycles. The van der Waals surface area contributed by atoms with Crippen molar-refractivity contribution in [3.05, 3.63) is 40.4 Å². The second kappa shape index (κ2) is 6.64. The van der Waals surface area contributed by atoms with Crippen molar-refractivity contribution in [2.45, 2.75) is 26.2 Å². The summed E-state index contributed by atoms with van der Waals surface area (Å²) in [5, 5.41) is 10.1. The van der Waals surface area contributed by atoms with Gasteiger partial charge in [0, 0.05) is 23.8 Å². The molecule has 0 saturated carbocycles. The predicted octanol–water partition coefficient (Wildman–Crippen LogP) is 2.71. The SMILES string of the molecule is Cc1c(Cl)cccc1NC(=O)CN1CCn2c(nnc2C(F)(F)F)C1. The molecule has 0 radical (unpaired) electrons. The van der Waals surface area contributed by atoms with Gasteiger partial charge in [-0.3, -0.25) is 9.69 Å². The van der Waals surface area contributed by atoms with Crippen molar-refractivity contribution in [1.29, 1.82) is 0 Å². The number of fused-ring (bicyclic) bond motifs is 1. The molecule has 0 bridgehead atoms. The minimum atomic E-state index is -4.53. The summed E-state index contributed by atoms with van der Waals surface area (Å²) in [5.74, 6) is -1.07. The molecular formula is C15H15ClF3N5O. The number of hydrogen-bond acceptors (Lipinski definition) is 4. The fourth-order valence-electron chi connectivity index (χ4n) is 2.69. The lowest BCUT2D eigenvalue weighted by Crippen LogP contribution is -2.40. The zero-order valence-corrected chi connectivity index (χ0v) is 14.0. The van der Waals surface area contributed by atoms with Crippen molar-refractivity contribution in [1.82, 2.24) is 19.7 Å². The third-order valence-corrected chi connectivity index (χ3v) is 4.40. The van der Waals surface area contributed by atoms with E-state index in [9.17, 15) is 18.0 Å². The van der Waals surface area contributed by atoms with Gasteiger partial charge in [0.15, 0.2) is 0 Å². The smallest absolute Gasteiger partial charge is 0.325 e. The summed E-state index contributed by atoms with van der Waals surface area (Å²) in [5.41, 5.74) is 1.36. The Kier molecular flexibility index (Phi) is 4.70. The minimum Gasteiger partial charge on any atom is -0.325 e. The molecule has 1 N–H and O–H groups in total. The van der Waals surface area contributed by atoms with Crippen LogP contribution in [0, 0.1) is 6.92 Å². The summed E-state index contributed by atoms with van der Waals surface area (Å²) >= 11 is 6.01. The van der Waals surface area contributed by atoms with Crippen LogP contribution >= 0.6 is 11.6 Å². The zero-order chi connectivity index (χ0) is 18.2. The molecule has 0 saturated heterocycles. The first-order valence-electron chi connectivity index (χ1n) is 7.52. The van der Waals surface area contributed by atoms with Crippen LogP contribution < -0.4 is 5.32 Å². The number of alkyl halides is 3. The third kappa shape index (κ3) is 3.77. The van der Waals surface area contributed by atoms with Gasteiger partial charge in [-0.25, -0.2) is 0 Å². The Labute approximate surface area is 146 Å². The Morgan fingerprint density at radius 1 is 1.32 bits per heavy atom. The minimum absolute atomic E-state index is 0.0418. The summed E-state index contributed by atoms with van der Waals surface area (Å²) in [4.78, 5) is 13.9. The molecule has 1 amide bonds. The van der Waals surface area contributed by atoms with Gasteiger partial charge in [-0.15, -0.1) is 10.2 Å². The normalized spacial score (nSPS) is 15.1. The highest BCUT2D eigenvalue weighted by molar-refractivity contribution is 6.31. The molecule has 3 rings (SSSR count). The summed E-state index contributed by atoms with van der Waals surface area (Å²) < 4.78 is 39.5. The van der Waals surface area contributed by atoms with E-state index in [-0.39, 0.29) is 31.4 Å². The van der Waals surface area contributed by atoms with Gasteiger partial charge < -0.3 is 9.88 Å². The largest absolute Gasteiger partial charge is 0.451 e. The van der Waals surface area contributed by atoms with Crippen molar-refractivity contribution in [3.63, 3.8) is 0 Å². The Morgan fingerprint density at radius 3 is 2.80 bits per heavy atom. The lowest BCUT2D eigenvalue weighted by molar-refractivity contribution is -0.148. The van der Waals surface area contributed by atoms with E-state index >= 15 is 0 Å². The van der Waals surface area contributed by atoms with Crippen LogP contribution in [0.25, 0.3) is 0 Å². The molecule has 6 nitrogen and oxygen atoms in total. The number of anilines is 1. The molecule has 2 aromatic rings. The molecule has 0 unspecified atom stereocenters. The summed E-state index contributed by atoms with van der Waals surface area (Å²) in [6, 6.07) is 5.19. The van der Waals surface area contributed by atoms with Gasteiger partial charge in [0.25, 0.3) is 0 Å². The van der Waals surface area contributed by atoms with Crippen LogP contribution in [0.15, 0.2) is 18.2 Å². The first kappa shape index (κ1) is 17.7. The maximum atomic E-state index is 12.8. The monoisotopic (exact) mass is 373 g/mol. The summed E-state index contributed by atoms with van der Waals surface area (Å²) in [6.45, 7) is 2.35. The first-order valence-corrected chi connectivity index (χ1v) is 7.90. The lowest BCUT2D eigenvalue weighted by Gasteiger charge is -2.27. The van der Waals surface area contributed by atoms with Gasteiger partial charge in [0.2, 0.25) is 11.7 Å². The van der Waals surface area contributed by atoms with Crippen LogP contribution in [-0.2, 0) is 24.1 Å². The fourth-order valence-corrected chi connectivity index (χ4v) is 2.86. The number of nitrogens with zero attached hydrogens (tertiary/aromatic N) is 4. The van der Waals surface area contributed by atoms with E-state index in [4.69, 9.17) is 11.6 Å². The highest BCUT2D eigenvalue weighted by atomic mass is 35.5. The number of halogens is 4. The van der Waals surface area contributed by atoms with Crippen molar-refractivity contribution in [2.24, 2.45) is 0 Å². The zero-order valence-electron chi connectivity index (χ0n) is 13.3. The fraction of sp³-hybridized carbons (Fsp3) is 0.400. The molecule has 25 heavy (non-hydrogen) atoms. The number of amides is 1. The van der Waals surface area contributed by atoms with Crippen molar-refractivity contribution in [2.75, 3.05) is 18.4 Å². The third-order valence-electron chi connectivity index (χ3n) is 3.99. The Bertz CT molecular complexity index is 805. The van der Waals surface area contributed by atoms with Crippen LogP contribution in [0.5, 0.6) is 0 Å². The van der Waals surface area contributed by atoms with Crippen molar-refractivity contribution in [3.8, 4) is 0 Å². The first-order chi connectivity index (χ1) is 11.8. The van der Waals surface area contributed by atoms with E-state index in [1.165, 1.54) is 0 Å². The summed E-state index contributed by atoms with van der Waals surface area (Å²) in [6.07, 6.45) is -4.53. The average Bonchev–Trinajstić information content (AvgIpc) is 2.95. The van der Waals surface area contributed by atoms with Crippen LogP contribution in [-0.4, -0.2) is 38.7 Å². The number of benzene rings is 1. The average molecular weight is 374 g/mol. The van der Waals surface area contributed by atoms with Crippen LogP contribution in [0.2, 0.25) is 5.02 Å². The van der Waals surface area contributed by atoms with Gasteiger partial charge in [-0.2, -0.15) is 13.2 Å². The lowest BCUT2D eigenvalue weighted by atomic mass is 10.2. The van der Waals surface area contributed by atoms with Crippen LogP contribution in [0.3, 0.4) is 0 Å². The molecule has 0 fully saturated rings. The molecule has 2 heterocycles. The van der Waals surface area contributed by atoms with E-state index in [1.54, 1.807) is 30.0 Å². The number of rotatable bonds is 3. The quantitative estimate of drug-likeness (QED) is 0.898. The number of hydrogen-bond donors (Lipinski definition) is 1. The van der Waals surface area contributed by atoms with Gasteiger partial charge in [-0.05, 0) is 24.6 Å². The van der Waals surface area contributed by atoms with Gasteiger partial charge in [0.05, 0.1) is 13.1 Å². The Hall–Kier alpha value is -2.13. The molecule has 1 aromatic heterocycles. The summed E-state index contributed by atoms with van der Waals surface area (Å²) in [7, 11) is 0. The highest BCUT2D eigenvalue weighted by Gasteiger charge is 2.39. The van der Waals surface area contributed by atoms with E-state index in [0.717, 1.165) is 10.1 Å². The van der Waals surface area contributed by atoms with Crippen molar-refractivity contribution >= 4 is 23.2 Å². The number of carbonyl (C=O) groups is 1. The van der Waals surface area contributed by atoms with Crippen molar-refractivity contribution < 1.29 is 18.0 Å². The van der Waals surface area contributed by atoms with E-state index in [2.05, 4.69) is 15.5 Å². The maximum Gasteiger partial charge on any atom is 0.451 e. The van der Waals surface area contributed by atoms with Crippen LogP contribution in [0.4, 0.5) is 18.9 Å². The molecule has 134 valence electrons. The molecule has 1 aliphatic heterocycles. The number of aromatic nitrogens is 3. The number of carbonyl (C=O) groups excluding carboxylic acids is 1. The van der Waals surface area contributed by atoms with Crippen LogP contribution in [0.1, 0.15) is 17.2 Å². The Morgan fingerprint density at radius 2 is 2.08 bits per heavy atom. The topological polar surface area (TPSA) is 63.1 Å². The maximum absolute atomic E-state index is 12.8. The highest BCUT2D eigenvalue weighted by Crippen LogP contribution is 2.29. The van der Waals surface area contributed by atoms with Gasteiger partial charge in [0.1, 0.15) is 5.82 Å². The molecule has 10 heteroatoms. The second-order valence-electron chi connectivity index (χ2n) is 5.76. The molecule has 1 aliphatic rings. The predicted molar refractivity (Wildman–Crippen MR) is 85.1 cm³/mol. The van der Waals surface area contributed by atoms with E-state index in [1.807, 2.05) is 0 Å². The molecular weight excluding hydrogens is 359 g/mol. The standard InChI is InChI=1S/C15H15ClF3N5O/c1-9-10(16)3-2-4-11(9)20-13(25)8-23-5-6-24-12(7-23)21-22-14(24)15(17,18)19/h2-4H,5-8H2,1H3,(H,20,25). The van der Waals surface area contributed by atoms with E-state index < -0.39 is 12.0 Å². The second-order valence-corrected chi connectivity index (χ2v) is 6.17. The number of nitrogens with one attached hydrogen (secondary N) is 1. The Balaban J connectivity index is 1.64. The molecule has 0 aliphatic carbocycles. The van der Waals surface area contributed by atoms with E-state index in [0.29, 0.717) is 17.3 Å². The molecule has 0 atom stereocenters. The molecule has 0 spiro atoms. The van der Waals surface area contributed by atoms with Gasteiger partial charge in [-0.1, -0.05) is 17.7 Å². The van der Waals surface area contributed by atoms with Gasteiger partial charge >= 0.3 is 6.18 Å².